The van der Waals surface area contributed by atoms with Crippen LogP contribution in [0.5, 0.6) is 5.75 Å². The zero-order chi connectivity index (χ0) is 13.4. The number of hydrogen-bond acceptors (Lipinski definition) is 2. The summed E-state index contributed by atoms with van der Waals surface area (Å²) < 4.78 is 3.21. The lowest BCUT2D eigenvalue weighted by atomic mass is 10.2. The van der Waals surface area contributed by atoms with E-state index in [1.165, 1.54) is 0 Å². The van der Waals surface area contributed by atoms with Crippen molar-refractivity contribution in [3.05, 3.63) is 46.0 Å². The molecule has 0 spiro atoms. The molecule has 3 rings (SSSR count). The number of aromatic hydroxyl groups is 1. The SMILES string of the molecule is CCn1c(-c2cc(I)ccc2O)nc2ccccc21. The van der Waals surface area contributed by atoms with Crippen LogP contribution in [0.25, 0.3) is 22.4 Å². The van der Waals surface area contributed by atoms with E-state index in [0.717, 1.165) is 32.5 Å². The Hall–Kier alpha value is -1.56. The molecule has 0 unspecified atom stereocenters. The van der Waals surface area contributed by atoms with E-state index >= 15 is 0 Å². The molecule has 3 nitrogen and oxygen atoms in total. The van der Waals surface area contributed by atoms with Gasteiger partial charge in [-0.05, 0) is 59.8 Å². The maximum Gasteiger partial charge on any atom is 0.144 e. The minimum absolute atomic E-state index is 0.269. The number of fused-ring (bicyclic) bond motifs is 1. The maximum absolute atomic E-state index is 10.1. The predicted octanol–water partition coefficient (Wildman–Crippen LogP) is 4.03. The minimum atomic E-state index is 0.269. The first-order valence-electron chi connectivity index (χ1n) is 6.15. The van der Waals surface area contributed by atoms with Gasteiger partial charge in [0, 0.05) is 10.1 Å². The average molecular weight is 364 g/mol. The van der Waals surface area contributed by atoms with Gasteiger partial charge in [0.25, 0.3) is 0 Å². The molecular weight excluding hydrogens is 351 g/mol. The number of benzene rings is 2. The molecule has 4 heteroatoms. The fourth-order valence-corrected chi connectivity index (χ4v) is 2.78. The molecule has 1 heterocycles. The van der Waals surface area contributed by atoms with Crippen LogP contribution >= 0.6 is 22.6 Å². The van der Waals surface area contributed by atoms with Crippen LogP contribution in [-0.4, -0.2) is 14.7 Å². The summed E-state index contributed by atoms with van der Waals surface area (Å²) in [5, 5.41) is 10.1. The number of aromatic nitrogens is 2. The second kappa shape index (κ2) is 4.85. The lowest BCUT2D eigenvalue weighted by Gasteiger charge is -2.08. The van der Waals surface area contributed by atoms with Crippen LogP contribution in [0.3, 0.4) is 0 Å². The molecular formula is C15H13IN2O. The van der Waals surface area contributed by atoms with Crippen LogP contribution in [0.4, 0.5) is 0 Å². The summed E-state index contributed by atoms with van der Waals surface area (Å²) in [6.07, 6.45) is 0. The third-order valence-corrected chi connectivity index (χ3v) is 3.84. The number of para-hydroxylation sites is 2. The number of halogens is 1. The maximum atomic E-state index is 10.1. The van der Waals surface area contributed by atoms with Crippen LogP contribution in [0, 0.1) is 3.57 Å². The summed E-state index contributed by atoms with van der Waals surface area (Å²) in [7, 11) is 0. The first-order valence-corrected chi connectivity index (χ1v) is 7.22. The van der Waals surface area contributed by atoms with E-state index in [1.807, 2.05) is 30.3 Å². The highest BCUT2D eigenvalue weighted by Gasteiger charge is 2.14. The molecule has 0 aliphatic rings. The van der Waals surface area contributed by atoms with Crippen molar-refractivity contribution in [2.75, 3.05) is 0 Å². The number of rotatable bonds is 2. The van der Waals surface area contributed by atoms with Crippen LogP contribution in [-0.2, 0) is 6.54 Å². The number of nitrogens with zero attached hydrogens (tertiary/aromatic N) is 2. The van der Waals surface area contributed by atoms with Gasteiger partial charge in [0.2, 0.25) is 0 Å². The highest BCUT2D eigenvalue weighted by atomic mass is 127. The van der Waals surface area contributed by atoms with Gasteiger partial charge in [0.1, 0.15) is 11.6 Å². The molecule has 1 N–H and O–H groups in total. The molecule has 0 aliphatic carbocycles. The van der Waals surface area contributed by atoms with E-state index in [1.54, 1.807) is 6.07 Å². The first kappa shape index (κ1) is 12.5. The van der Waals surface area contributed by atoms with Crippen molar-refractivity contribution >= 4 is 33.6 Å². The predicted molar refractivity (Wildman–Crippen MR) is 85.2 cm³/mol. The Kier molecular flexibility index (Phi) is 3.18. The molecule has 0 bridgehead atoms. The fraction of sp³-hybridized carbons (Fsp3) is 0.133. The Morgan fingerprint density at radius 1 is 1.21 bits per heavy atom. The van der Waals surface area contributed by atoms with Gasteiger partial charge in [-0.1, -0.05) is 12.1 Å². The number of phenols is 1. The Bertz CT molecular complexity index is 749. The molecule has 0 amide bonds. The van der Waals surface area contributed by atoms with Gasteiger partial charge >= 0.3 is 0 Å². The van der Waals surface area contributed by atoms with Gasteiger partial charge in [-0.15, -0.1) is 0 Å². The molecule has 0 saturated carbocycles. The van der Waals surface area contributed by atoms with Crippen molar-refractivity contribution in [1.82, 2.24) is 9.55 Å². The molecule has 0 aliphatic heterocycles. The summed E-state index contributed by atoms with van der Waals surface area (Å²) in [6.45, 7) is 2.91. The standard InChI is InChI=1S/C15H13IN2O/c1-2-18-13-6-4-3-5-12(13)17-15(18)11-9-10(16)7-8-14(11)19/h3-9,19H,2H2,1H3. The largest absolute Gasteiger partial charge is 0.507 e. The monoisotopic (exact) mass is 364 g/mol. The van der Waals surface area contributed by atoms with Crippen molar-refractivity contribution in [3.8, 4) is 17.1 Å². The fourth-order valence-electron chi connectivity index (χ4n) is 2.29. The van der Waals surface area contributed by atoms with Crippen LogP contribution in [0.1, 0.15) is 6.92 Å². The normalized spacial score (nSPS) is 11.1. The second-order valence-corrected chi connectivity index (χ2v) is 5.58. The van der Waals surface area contributed by atoms with Gasteiger partial charge in [-0.3, -0.25) is 0 Å². The highest BCUT2D eigenvalue weighted by molar-refractivity contribution is 14.1. The molecule has 0 fully saturated rings. The zero-order valence-corrected chi connectivity index (χ0v) is 12.6. The summed E-state index contributed by atoms with van der Waals surface area (Å²) >= 11 is 2.24. The minimum Gasteiger partial charge on any atom is -0.507 e. The second-order valence-electron chi connectivity index (χ2n) is 4.33. The first-order chi connectivity index (χ1) is 9.20. The molecule has 19 heavy (non-hydrogen) atoms. The van der Waals surface area contributed by atoms with Crippen molar-refractivity contribution < 1.29 is 5.11 Å². The van der Waals surface area contributed by atoms with Crippen molar-refractivity contribution in [2.45, 2.75) is 13.5 Å². The van der Waals surface area contributed by atoms with Gasteiger partial charge < -0.3 is 9.67 Å². The Labute approximate surface area is 125 Å². The average Bonchev–Trinajstić information content (AvgIpc) is 2.79. The van der Waals surface area contributed by atoms with Crippen molar-refractivity contribution in [2.24, 2.45) is 0 Å². The van der Waals surface area contributed by atoms with Gasteiger partial charge in [0.05, 0.1) is 16.6 Å². The van der Waals surface area contributed by atoms with Crippen molar-refractivity contribution in [3.63, 3.8) is 0 Å². The lowest BCUT2D eigenvalue weighted by molar-refractivity contribution is 0.476. The molecule has 3 aromatic rings. The quantitative estimate of drug-likeness (QED) is 0.698. The molecule has 0 atom stereocenters. The summed E-state index contributed by atoms with van der Waals surface area (Å²) in [5.41, 5.74) is 2.83. The van der Waals surface area contributed by atoms with Gasteiger partial charge in [-0.2, -0.15) is 0 Å². The smallest absolute Gasteiger partial charge is 0.144 e. The van der Waals surface area contributed by atoms with Crippen LogP contribution < -0.4 is 0 Å². The lowest BCUT2D eigenvalue weighted by Crippen LogP contribution is -1.97. The Balaban J connectivity index is 2.33. The van der Waals surface area contributed by atoms with Gasteiger partial charge in [-0.25, -0.2) is 4.98 Å². The van der Waals surface area contributed by atoms with E-state index in [9.17, 15) is 5.11 Å². The third-order valence-electron chi connectivity index (χ3n) is 3.17. The number of aryl methyl sites for hydroxylation is 1. The van der Waals surface area contributed by atoms with E-state index in [2.05, 4.69) is 45.1 Å². The van der Waals surface area contributed by atoms with Crippen molar-refractivity contribution in [1.29, 1.82) is 0 Å². The number of phenolic OH excluding ortho intramolecular Hbond substituents is 1. The van der Waals surface area contributed by atoms with E-state index in [-0.39, 0.29) is 5.75 Å². The molecule has 96 valence electrons. The molecule has 2 aromatic carbocycles. The Morgan fingerprint density at radius 2 is 2.00 bits per heavy atom. The highest BCUT2D eigenvalue weighted by Crippen LogP contribution is 2.32. The summed E-state index contributed by atoms with van der Waals surface area (Å²) in [6, 6.07) is 13.6. The summed E-state index contributed by atoms with van der Waals surface area (Å²) in [5.74, 6) is 1.09. The number of hydrogen-bond donors (Lipinski definition) is 1. The van der Waals surface area contributed by atoms with Crippen LogP contribution in [0.2, 0.25) is 0 Å². The molecule has 0 saturated heterocycles. The Morgan fingerprint density at radius 3 is 2.79 bits per heavy atom. The third kappa shape index (κ3) is 2.10. The van der Waals surface area contributed by atoms with Gasteiger partial charge in [0.15, 0.2) is 0 Å². The van der Waals surface area contributed by atoms with Crippen LogP contribution in [0.15, 0.2) is 42.5 Å². The topological polar surface area (TPSA) is 38.0 Å². The number of imidazole rings is 1. The zero-order valence-electron chi connectivity index (χ0n) is 10.5. The van der Waals surface area contributed by atoms with E-state index < -0.39 is 0 Å². The van der Waals surface area contributed by atoms with E-state index in [4.69, 9.17) is 0 Å². The molecule has 0 radical (unpaired) electrons. The molecule has 1 aromatic heterocycles. The van der Waals surface area contributed by atoms with E-state index in [0.29, 0.717) is 0 Å². The summed E-state index contributed by atoms with van der Waals surface area (Å²) in [4.78, 5) is 4.66.